The molecule has 1 rings (SSSR count). The summed E-state index contributed by atoms with van der Waals surface area (Å²) in [6.45, 7) is 1.72. The summed E-state index contributed by atoms with van der Waals surface area (Å²) >= 11 is 0. The number of halogens is 1. The Labute approximate surface area is 96.8 Å². The molecule has 0 bridgehead atoms. The second-order valence-electron chi connectivity index (χ2n) is 3.34. The van der Waals surface area contributed by atoms with Crippen LogP contribution in [0.1, 0.15) is 13.3 Å². The van der Waals surface area contributed by atoms with Gasteiger partial charge in [0.2, 0.25) is 0 Å². The van der Waals surface area contributed by atoms with Crippen molar-refractivity contribution in [3.05, 3.63) is 34.1 Å². The van der Waals surface area contributed by atoms with Crippen molar-refractivity contribution in [1.29, 1.82) is 5.41 Å². The van der Waals surface area contributed by atoms with E-state index >= 15 is 0 Å². The number of nitro groups is 1. The molecule has 0 spiro atoms. The van der Waals surface area contributed by atoms with Gasteiger partial charge in [-0.3, -0.25) is 15.5 Å². The van der Waals surface area contributed by atoms with E-state index in [-0.39, 0.29) is 11.6 Å². The quantitative estimate of drug-likeness (QED) is 0.355. The van der Waals surface area contributed by atoms with Crippen molar-refractivity contribution in [2.45, 2.75) is 19.4 Å². The number of benzene rings is 1. The molecule has 3 N–H and O–H groups in total. The number of hydrogen-bond donors (Lipinski definition) is 2. The molecule has 0 aromatic heterocycles. The number of hydrogen-bond acceptors (Lipinski definition) is 4. The zero-order valence-corrected chi connectivity index (χ0v) is 9.14. The van der Waals surface area contributed by atoms with Crippen LogP contribution in [0, 0.1) is 21.3 Å². The van der Waals surface area contributed by atoms with Gasteiger partial charge in [-0.05, 0) is 18.6 Å². The van der Waals surface area contributed by atoms with E-state index in [2.05, 4.69) is 0 Å². The first-order valence-corrected chi connectivity index (χ1v) is 4.90. The fourth-order valence-electron chi connectivity index (χ4n) is 1.25. The average molecular weight is 241 g/mol. The Morgan fingerprint density at radius 1 is 1.71 bits per heavy atom. The molecule has 0 amide bonds. The van der Waals surface area contributed by atoms with Crippen LogP contribution in [0.15, 0.2) is 18.2 Å². The van der Waals surface area contributed by atoms with Gasteiger partial charge < -0.3 is 10.5 Å². The highest BCUT2D eigenvalue weighted by atomic mass is 19.1. The highest BCUT2D eigenvalue weighted by Gasteiger charge is 2.20. The Morgan fingerprint density at radius 3 is 2.82 bits per heavy atom. The second kappa shape index (κ2) is 5.24. The molecule has 6 nitrogen and oxygen atoms in total. The van der Waals surface area contributed by atoms with Gasteiger partial charge in [-0.1, -0.05) is 6.92 Å². The summed E-state index contributed by atoms with van der Waals surface area (Å²) in [5.41, 5.74) is 4.78. The molecule has 0 heterocycles. The van der Waals surface area contributed by atoms with Crippen molar-refractivity contribution < 1.29 is 14.1 Å². The van der Waals surface area contributed by atoms with E-state index in [0.717, 1.165) is 18.2 Å². The van der Waals surface area contributed by atoms with Crippen LogP contribution in [-0.4, -0.2) is 16.9 Å². The topological polar surface area (TPSA) is 102 Å². The van der Waals surface area contributed by atoms with Gasteiger partial charge in [-0.2, -0.15) is 0 Å². The number of nitrogens with one attached hydrogen (secondary N) is 1. The first kappa shape index (κ1) is 12.9. The number of nitrogens with zero attached hydrogens (tertiary/aromatic N) is 1. The van der Waals surface area contributed by atoms with Crippen molar-refractivity contribution in [1.82, 2.24) is 0 Å². The molecular formula is C10H12FN3O3. The lowest BCUT2D eigenvalue weighted by atomic mass is 10.2. The Kier molecular flexibility index (Phi) is 3.97. The Hall–Kier alpha value is -2.18. The molecule has 0 radical (unpaired) electrons. The van der Waals surface area contributed by atoms with Gasteiger partial charge >= 0.3 is 5.69 Å². The predicted octanol–water partition coefficient (Wildman–Crippen LogP) is 1.83. The standard InChI is InChI=1S/C10H12FN3O3/c1-2-8(10(12)13)17-9-4-3-6(11)5-7(9)14(15)16/h3-5,8H,2H2,1H3,(H3,12,13). The van der Waals surface area contributed by atoms with E-state index in [9.17, 15) is 14.5 Å². The first-order chi connectivity index (χ1) is 7.95. The van der Waals surface area contributed by atoms with Crippen LogP contribution >= 0.6 is 0 Å². The van der Waals surface area contributed by atoms with Crippen LogP contribution in [0.2, 0.25) is 0 Å². The van der Waals surface area contributed by atoms with Crippen LogP contribution in [0.3, 0.4) is 0 Å². The minimum Gasteiger partial charge on any atom is -0.475 e. The van der Waals surface area contributed by atoms with Crippen LogP contribution in [0.5, 0.6) is 5.75 Å². The third kappa shape index (κ3) is 3.13. The maximum atomic E-state index is 12.9. The zero-order valence-electron chi connectivity index (χ0n) is 9.14. The summed E-state index contributed by atoms with van der Waals surface area (Å²) < 4.78 is 18.1. The SMILES string of the molecule is CCC(Oc1ccc(F)cc1[N+](=O)[O-])C(=N)N. The average Bonchev–Trinajstić information content (AvgIpc) is 2.26. The lowest BCUT2D eigenvalue weighted by Crippen LogP contribution is -2.32. The van der Waals surface area contributed by atoms with Gasteiger partial charge in [0, 0.05) is 0 Å². The molecule has 0 aliphatic rings. The molecular weight excluding hydrogens is 229 g/mol. The third-order valence-electron chi connectivity index (χ3n) is 2.10. The zero-order chi connectivity index (χ0) is 13.0. The minimum atomic E-state index is -0.751. The Morgan fingerprint density at radius 2 is 2.35 bits per heavy atom. The molecule has 0 fully saturated rings. The summed E-state index contributed by atoms with van der Waals surface area (Å²) in [5, 5.41) is 17.9. The third-order valence-corrected chi connectivity index (χ3v) is 2.10. The second-order valence-corrected chi connectivity index (χ2v) is 3.34. The fraction of sp³-hybridized carbons (Fsp3) is 0.300. The lowest BCUT2D eigenvalue weighted by molar-refractivity contribution is -0.386. The molecule has 0 aliphatic heterocycles. The molecule has 0 aliphatic carbocycles. The van der Waals surface area contributed by atoms with Crippen molar-refractivity contribution in [3.63, 3.8) is 0 Å². The first-order valence-electron chi connectivity index (χ1n) is 4.90. The lowest BCUT2D eigenvalue weighted by Gasteiger charge is -2.15. The van der Waals surface area contributed by atoms with Gasteiger partial charge in [-0.15, -0.1) is 0 Å². The molecule has 1 unspecified atom stereocenters. The molecule has 92 valence electrons. The van der Waals surface area contributed by atoms with Crippen molar-refractivity contribution in [3.8, 4) is 5.75 Å². The molecule has 1 aromatic rings. The number of ether oxygens (including phenoxy) is 1. The maximum absolute atomic E-state index is 12.9. The minimum absolute atomic E-state index is 0.0987. The van der Waals surface area contributed by atoms with E-state index in [1.54, 1.807) is 6.92 Å². The smallest absolute Gasteiger partial charge is 0.313 e. The van der Waals surface area contributed by atoms with E-state index in [1.165, 1.54) is 0 Å². The number of amidine groups is 1. The monoisotopic (exact) mass is 241 g/mol. The molecule has 1 aromatic carbocycles. The summed E-state index contributed by atoms with van der Waals surface area (Å²) in [4.78, 5) is 9.94. The van der Waals surface area contributed by atoms with Crippen LogP contribution in [0.25, 0.3) is 0 Å². The Balaban J connectivity index is 3.05. The molecule has 7 heteroatoms. The largest absolute Gasteiger partial charge is 0.475 e. The van der Waals surface area contributed by atoms with Crippen molar-refractivity contribution >= 4 is 11.5 Å². The van der Waals surface area contributed by atoms with E-state index < -0.39 is 22.5 Å². The highest BCUT2D eigenvalue weighted by Crippen LogP contribution is 2.28. The van der Waals surface area contributed by atoms with Crippen molar-refractivity contribution in [2.75, 3.05) is 0 Å². The highest BCUT2D eigenvalue weighted by molar-refractivity contribution is 5.82. The normalized spacial score (nSPS) is 11.9. The fourth-order valence-corrected chi connectivity index (χ4v) is 1.25. The molecule has 0 saturated heterocycles. The van der Waals surface area contributed by atoms with Gasteiger partial charge in [0.05, 0.1) is 11.0 Å². The number of nitro benzene ring substituents is 1. The molecule has 17 heavy (non-hydrogen) atoms. The summed E-state index contributed by atoms with van der Waals surface area (Å²) in [7, 11) is 0. The number of nitrogens with two attached hydrogens (primary N) is 1. The summed E-state index contributed by atoms with van der Waals surface area (Å²) in [6, 6.07) is 2.97. The Bertz CT molecular complexity index is 450. The van der Waals surface area contributed by atoms with Gasteiger partial charge in [0.15, 0.2) is 11.9 Å². The summed E-state index contributed by atoms with van der Waals surface area (Å²) in [6.07, 6.45) is -0.358. The van der Waals surface area contributed by atoms with E-state index in [0.29, 0.717) is 6.42 Å². The maximum Gasteiger partial charge on any atom is 0.313 e. The number of rotatable bonds is 5. The van der Waals surface area contributed by atoms with Gasteiger partial charge in [0.1, 0.15) is 11.7 Å². The van der Waals surface area contributed by atoms with E-state index in [1.807, 2.05) is 0 Å². The van der Waals surface area contributed by atoms with Crippen LogP contribution in [0.4, 0.5) is 10.1 Å². The van der Waals surface area contributed by atoms with Crippen LogP contribution < -0.4 is 10.5 Å². The predicted molar refractivity (Wildman–Crippen MR) is 59.7 cm³/mol. The molecule has 1 atom stereocenters. The van der Waals surface area contributed by atoms with Crippen LogP contribution in [-0.2, 0) is 0 Å². The van der Waals surface area contributed by atoms with Gasteiger partial charge in [0.25, 0.3) is 0 Å². The van der Waals surface area contributed by atoms with Gasteiger partial charge in [-0.25, -0.2) is 4.39 Å². The van der Waals surface area contributed by atoms with E-state index in [4.69, 9.17) is 15.9 Å². The van der Waals surface area contributed by atoms with Crippen molar-refractivity contribution in [2.24, 2.45) is 5.73 Å². The molecule has 0 saturated carbocycles. The summed E-state index contributed by atoms with van der Waals surface area (Å²) in [5.74, 6) is -1.05.